The van der Waals surface area contributed by atoms with E-state index in [0.29, 0.717) is 19.3 Å². The van der Waals surface area contributed by atoms with Crippen molar-refractivity contribution in [1.82, 2.24) is 10.3 Å². The lowest BCUT2D eigenvalue weighted by atomic mass is 10.1. The second-order valence-corrected chi connectivity index (χ2v) is 7.37. The molecule has 0 saturated heterocycles. The van der Waals surface area contributed by atoms with Gasteiger partial charge >= 0.3 is 11.9 Å². The van der Waals surface area contributed by atoms with Gasteiger partial charge in [0.15, 0.2) is 0 Å². The SMILES string of the molecule is COC(=O)[C@H](CCCCC(=O)OC(C)(C)C)NC(=O)CC=Cc1cccnc1. The van der Waals surface area contributed by atoms with Crippen LogP contribution in [0.4, 0.5) is 0 Å². The van der Waals surface area contributed by atoms with Crippen LogP contribution in [-0.2, 0) is 23.9 Å². The molecule has 7 nitrogen and oxygen atoms in total. The number of carbonyl (C=O) groups is 3. The van der Waals surface area contributed by atoms with Crippen molar-refractivity contribution in [2.24, 2.45) is 0 Å². The summed E-state index contributed by atoms with van der Waals surface area (Å²) in [5.74, 6) is -1.05. The second kappa shape index (κ2) is 11.9. The van der Waals surface area contributed by atoms with E-state index in [2.05, 4.69) is 10.3 Å². The minimum atomic E-state index is -0.733. The maximum Gasteiger partial charge on any atom is 0.328 e. The van der Waals surface area contributed by atoms with Crippen LogP contribution in [0.3, 0.4) is 0 Å². The number of hydrogen-bond donors (Lipinski definition) is 1. The highest BCUT2D eigenvalue weighted by atomic mass is 16.6. The zero-order chi connectivity index (χ0) is 21.0. The van der Waals surface area contributed by atoms with E-state index >= 15 is 0 Å². The molecule has 154 valence electrons. The average molecular weight is 390 g/mol. The maximum absolute atomic E-state index is 12.1. The van der Waals surface area contributed by atoms with Crippen LogP contribution in [0.15, 0.2) is 30.6 Å². The van der Waals surface area contributed by atoms with Gasteiger partial charge in [-0.25, -0.2) is 4.79 Å². The molecule has 0 aliphatic rings. The van der Waals surface area contributed by atoms with Crippen LogP contribution in [0.2, 0.25) is 0 Å². The molecule has 1 rings (SSSR count). The van der Waals surface area contributed by atoms with Crippen LogP contribution < -0.4 is 5.32 Å². The first kappa shape index (κ1) is 23.3. The Bertz CT molecular complexity index is 665. The molecule has 0 spiro atoms. The van der Waals surface area contributed by atoms with E-state index in [1.165, 1.54) is 7.11 Å². The van der Waals surface area contributed by atoms with Crippen LogP contribution >= 0.6 is 0 Å². The molecule has 7 heteroatoms. The highest BCUT2D eigenvalue weighted by Gasteiger charge is 2.21. The number of unbranched alkanes of at least 4 members (excludes halogenated alkanes) is 1. The normalized spacial score (nSPS) is 12.4. The van der Waals surface area contributed by atoms with Crippen molar-refractivity contribution in [1.29, 1.82) is 0 Å². The zero-order valence-electron chi connectivity index (χ0n) is 17.1. The predicted molar refractivity (Wildman–Crippen MR) is 106 cm³/mol. The maximum atomic E-state index is 12.1. The molecule has 1 atom stereocenters. The summed E-state index contributed by atoms with van der Waals surface area (Å²) in [6.45, 7) is 5.45. The van der Waals surface area contributed by atoms with Gasteiger partial charge in [0.1, 0.15) is 11.6 Å². The van der Waals surface area contributed by atoms with Crippen LogP contribution in [-0.4, -0.2) is 41.6 Å². The summed E-state index contributed by atoms with van der Waals surface area (Å²) >= 11 is 0. The first-order chi connectivity index (χ1) is 13.2. The fraction of sp³-hybridized carbons (Fsp3) is 0.524. The molecule has 0 aliphatic heterocycles. The molecular weight excluding hydrogens is 360 g/mol. The van der Waals surface area contributed by atoms with Crippen molar-refractivity contribution in [3.63, 3.8) is 0 Å². The number of rotatable bonds is 10. The number of nitrogens with one attached hydrogen (secondary N) is 1. The van der Waals surface area contributed by atoms with Gasteiger partial charge in [-0.15, -0.1) is 0 Å². The van der Waals surface area contributed by atoms with E-state index < -0.39 is 17.6 Å². The standard InChI is InChI=1S/C21H30N2O5/c1-21(2,3)28-19(25)13-6-5-11-17(20(26)27-4)23-18(24)12-7-9-16-10-8-14-22-15-16/h7-10,14-15,17H,5-6,11-13H2,1-4H3,(H,23,24)/t17-/m0/s1. The summed E-state index contributed by atoms with van der Waals surface area (Å²) in [5.41, 5.74) is 0.380. The Morgan fingerprint density at radius 2 is 2.00 bits per heavy atom. The van der Waals surface area contributed by atoms with Gasteiger partial charge in [-0.3, -0.25) is 14.6 Å². The zero-order valence-corrected chi connectivity index (χ0v) is 17.1. The summed E-state index contributed by atoms with van der Waals surface area (Å²) in [6.07, 6.45) is 8.83. The Hall–Kier alpha value is -2.70. The number of carbonyl (C=O) groups excluding carboxylic acids is 3. The number of nitrogens with zero attached hydrogens (tertiary/aromatic N) is 1. The number of ether oxygens (including phenoxy) is 2. The Morgan fingerprint density at radius 3 is 2.61 bits per heavy atom. The average Bonchev–Trinajstić information content (AvgIpc) is 2.63. The van der Waals surface area contributed by atoms with Crippen molar-refractivity contribution in [2.75, 3.05) is 7.11 Å². The third-order valence-electron chi connectivity index (χ3n) is 3.66. The van der Waals surface area contributed by atoms with E-state index in [9.17, 15) is 14.4 Å². The van der Waals surface area contributed by atoms with Crippen molar-refractivity contribution in [3.8, 4) is 0 Å². The second-order valence-electron chi connectivity index (χ2n) is 7.37. The molecule has 0 aromatic carbocycles. The summed E-state index contributed by atoms with van der Waals surface area (Å²) in [7, 11) is 1.28. The summed E-state index contributed by atoms with van der Waals surface area (Å²) in [6, 6.07) is 2.95. The first-order valence-electron chi connectivity index (χ1n) is 9.37. The molecule has 1 N–H and O–H groups in total. The highest BCUT2D eigenvalue weighted by Crippen LogP contribution is 2.12. The number of pyridine rings is 1. The van der Waals surface area contributed by atoms with E-state index in [1.54, 1.807) is 24.5 Å². The van der Waals surface area contributed by atoms with Crippen molar-refractivity contribution >= 4 is 23.9 Å². The molecule has 0 bridgehead atoms. The number of hydrogen-bond acceptors (Lipinski definition) is 6. The highest BCUT2D eigenvalue weighted by molar-refractivity contribution is 5.85. The van der Waals surface area contributed by atoms with Crippen molar-refractivity contribution < 1.29 is 23.9 Å². The van der Waals surface area contributed by atoms with Gasteiger partial charge in [-0.1, -0.05) is 24.6 Å². The third kappa shape index (κ3) is 10.4. The van der Waals surface area contributed by atoms with Gasteiger partial charge < -0.3 is 14.8 Å². The number of aromatic nitrogens is 1. The minimum absolute atomic E-state index is 0.139. The van der Waals surface area contributed by atoms with Gasteiger partial charge in [-0.05, 0) is 45.2 Å². The third-order valence-corrected chi connectivity index (χ3v) is 3.66. The number of amides is 1. The lowest BCUT2D eigenvalue weighted by molar-refractivity contribution is -0.154. The van der Waals surface area contributed by atoms with Crippen molar-refractivity contribution in [2.45, 2.75) is 64.5 Å². The molecule has 0 radical (unpaired) electrons. The molecule has 28 heavy (non-hydrogen) atoms. The van der Waals surface area contributed by atoms with Gasteiger partial charge in [0.25, 0.3) is 0 Å². The summed E-state index contributed by atoms with van der Waals surface area (Å²) < 4.78 is 10.0. The van der Waals surface area contributed by atoms with Gasteiger partial charge in [0.05, 0.1) is 7.11 Å². The van der Waals surface area contributed by atoms with Crippen LogP contribution in [0, 0.1) is 0 Å². The lowest BCUT2D eigenvalue weighted by Gasteiger charge is -2.19. The number of esters is 2. The largest absolute Gasteiger partial charge is 0.467 e. The van der Waals surface area contributed by atoms with Gasteiger partial charge in [0, 0.05) is 25.2 Å². The van der Waals surface area contributed by atoms with Crippen LogP contribution in [0.25, 0.3) is 6.08 Å². The molecule has 0 fully saturated rings. The molecule has 1 aromatic heterocycles. The van der Waals surface area contributed by atoms with E-state index in [0.717, 1.165) is 5.56 Å². The smallest absolute Gasteiger partial charge is 0.328 e. The Balaban J connectivity index is 2.41. The monoisotopic (exact) mass is 390 g/mol. The predicted octanol–water partition coefficient (Wildman–Crippen LogP) is 3.04. The van der Waals surface area contributed by atoms with Crippen LogP contribution in [0.5, 0.6) is 0 Å². The van der Waals surface area contributed by atoms with Crippen LogP contribution in [0.1, 0.15) is 58.4 Å². The summed E-state index contributed by atoms with van der Waals surface area (Å²) in [4.78, 5) is 39.7. The molecular formula is C21H30N2O5. The quantitative estimate of drug-likeness (QED) is 0.487. The Morgan fingerprint density at radius 1 is 1.25 bits per heavy atom. The van der Waals surface area contributed by atoms with Gasteiger partial charge in [0.2, 0.25) is 5.91 Å². The van der Waals surface area contributed by atoms with Gasteiger partial charge in [-0.2, -0.15) is 0 Å². The fourth-order valence-corrected chi connectivity index (χ4v) is 2.43. The van der Waals surface area contributed by atoms with E-state index in [-0.39, 0.29) is 24.7 Å². The van der Waals surface area contributed by atoms with E-state index in [1.807, 2.05) is 32.9 Å². The first-order valence-corrected chi connectivity index (χ1v) is 9.37. The molecule has 0 saturated carbocycles. The molecule has 0 aliphatic carbocycles. The number of methoxy groups -OCH3 is 1. The lowest BCUT2D eigenvalue weighted by Crippen LogP contribution is -2.41. The summed E-state index contributed by atoms with van der Waals surface area (Å²) in [5, 5.41) is 2.68. The minimum Gasteiger partial charge on any atom is -0.467 e. The Labute approximate surface area is 166 Å². The molecule has 1 amide bonds. The van der Waals surface area contributed by atoms with Crippen molar-refractivity contribution in [3.05, 3.63) is 36.2 Å². The molecule has 1 heterocycles. The topological polar surface area (TPSA) is 94.6 Å². The van der Waals surface area contributed by atoms with E-state index in [4.69, 9.17) is 9.47 Å². The molecule has 1 aromatic rings. The Kier molecular flexibility index (Phi) is 9.92. The fourth-order valence-electron chi connectivity index (χ4n) is 2.43. The molecule has 0 unspecified atom stereocenters.